The lowest BCUT2D eigenvalue weighted by molar-refractivity contribution is -0.137. The molecule has 1 aliphatic heterocycles. The number of carbonyl (C=O) groups excluding carboxylic acids is 2. The van der Waals surface area contributed by atoms with Crippen LogP contribution in [-0.4, -0.2) is 61.5 Å². The first-order valence-corrected chi connectivity index (χ1v) is 9.55. The van der Waals surface area contributed by atoms with Gasteiger partial charge in [-0.1, -0.05) is 30.3 Å². The highest BCUT2D eigenvalue weighted by Crippen LogP contribution is 2.17. The second-order valence-electron chi connectivity index (χ2n) is 7.01. The zero-order valence-corrected chi connectivity index (χ0v) is 16.1. The Labute approximate surface area is 156 Å². The first-order chi connectivity index (χ1) is 12.5. The summed E-state index contributed by atoms with van der Waals surface area (Å²) in [6.07, 6.45) is 3.01. The molecule has 26 heavy (non-hydrogen) atoms. The molecule has 3 N–H and O–H groups in total. The van der Waals surface area contributed by atoms with Crippen molar-refractivity contribution in [3.8, 4) is 0 Å². The molecule has 0 bridgehead atoms. The first-order valence-electron chi connectivity index (χ1n) is 9.55. The van der Waals surface area contributed by atoms with E-state index < -0.39 is 6.04 Å². The summed E-state index contributed by atoms with van der Waals surface area (Å²) in [5, 5.41) is 9.17. The van der Waals surface area contributed by atoms with Crippen molar-refractivity contribution in [2.45, 2.75) is 51.2 Å². The van der Waals surface area contributed by atoms with Crippen molar-refractivity contribution in [1.82, 2.24) is 20.9 Å². The normalized spacial score (nSPS) is 19.2. The molecule has 0 aromatic heterocycles. The summed E-state index contributed by atoms with van der Waals surface area (Å²) in [5.74, 6) is -0.140. The average molecular weight is 361 g/mol. The minimum absolute atomic E-state index is 0.00834. The van der Waals surface area contributed by atoms with E-state index in [9.17, 15) is 9.59 Å². The Morgan fingerprint density at radius 3 is 2.62 bits per heavy atom. The Hall–Kier alpha value is -1.92. The fraction of sp³-hybridized carbons (Fsp3) is 0.600. The topological polar surface area (TPSA) is 73.5 Å². The molecule has 1 aliphatic rings. The van der Waals surface area contributed by atoms with Gasteiger partial charge in [0, 0.05) is 19.1 Å². The molecule has 0 spiro atoms. The summed E-state index contributed by atoms with van der Waals surface area (Å²) in [6.45, 7) is 6.01. The lowest BCUT2D eigenvalue weighted by Crippen LogP contribution is -2.53. The highest BCUT2D eigenvalue weighted by molar-refractivity contribution is 5.89. The number of amides is 2. The third-order valence-electron chi connectivity index (χ3n) is 5.03. The second-order valence-corrected chi connectivity index (χ2v) is 7.01. The van der Waals surface area contributed by atoms with E-state index in [4.69, 9.17) is 0 Å². The summed E-state index contributed by atoms with van der Waals surface area (Å²) >= 11 is 0. The van der Waals surface area contributed by atoms with Crippen molar-refractivity contribution in [2.75, 3.05) is 26.7 Å². The predicted molar refractivity (Wildman–Crippen MR) is 104 cm³/mol. The van der Waals surface area contributed by atoms with E-state index in [1.807, 2.05) is 11.0 Å². The van der Waals surface area contributed by atoms with Crippen LogP contribution >= 0.6 is 0 Å². The van der Waals surface area contributed by atoms with Crippen molar-refractivity contribution < 1.29 is 9.59 Å². The maximum absolute atomic E-state index is 12.7. The Morgan fingerprint density at radius 2 is 1.92 bits per heavy atom. The summed E-state index contributed by atoms with van der Waals surface area (Å²) in [6, 6.07) is 9.79. The van der Waals surface area contributed by atoms with Crippen LogP contribution in [0.1, 0.15) is 32.3 Å². The van der Waals surface area contributed by atoms with E-state index in [2.05, 4.69) is 40.2 Å². The van der Waals surface area contributed by atoms with Crippen LogP contribution in [0.15, 0.2) is 30.3 Å². The molecule has 1 aromatic rings. The standard InChI is InChI=1S/C20H32N4O2/c1-15(21-3)19(25)23-16(2)20(26)24-13-7-10-18(24)14-22-12-11-17-8-5-4-6-9-17/h4-6,8-9,15-16,18,21-22H,7,10-14H2,1-3H3,(H,23,25)/t15-,16?,18-/m0/s1. The SMILES string of the molecule is CN[C@@H](C)C(=O)NC(C)C(=O)N1CCC[C@H]1CNCCc1ccccc1. The largest absolute Gasteiger partial charge is 0.343 e. The van der Waals surface area contributed by atoms with Gasteiger partial charge < -0.3 is 20.9 Å². The quantitative estimate of drug-likeness (QED) is 0.573. The van der Waals surface area contributed by atoms with E-state index >= 15 is 0 Å². The van der Waals surface area contributed by atoms with Gasteiger partial charge in [-0.25, -0.2) is 0 Å². The molecule has 1 unspecified atom stereocenters. The second kappa shape index (κ2) is 10.3. The third-order valence-corrected chi connectivity index (χ3v) is 5.03. The van der Waals surface area contributed by atoms with Gasteiger partial charge in [-0.2, -0.15) is 0 Å². The maximum Gasteiger partial charge on any atom is 0.245 e. The van der Waals surface area contributed by atoms with Crippen LogP contribution in [0.5, 0.6) is 0 Å². The number of likely N-dealkylation sites (N-methyl/N-ethyl adjacent to an activating group) is 1. The van der Waals surface area contributed by atoms with Gasteiger partial charge in [-0.3, -0.25) is 9.59 Å². The molecule has 0 saturated carbocycles. The highest BCUT2D eigenvalue weighted by Gasteiger charge is 2.32. The number of nitrogens with one attached hydrogen (secondary N) is 3. The molecule has 1 fully saturated rings. The summed E-state index contributed by atoms with van der Waals surface area (Å²) in [5.41, 5.74) is 1.31. The van der Waals surface area contributed by atoms with Gasteiger partial charge >= 0.3 is 0 Å². The molecule has 3 atom stereocenters. The number of nitrogens with zero attached hydrogens (tertiary/aromatic N) is 1. The van der Waals surface area contributed by atoms with Gasteiger partial charge in [0.05, 0.1) is 6.04 Å². The molecule has 0 radical (unpaired) electrons. The van der Waals surface area contributed by atoms with E-state index in [0.717, 1.165) is 38.9 Å². The van der Waals surface area contributed by atoms with E-state index in [-0.39, 0.29) is 23.9 Å². The molecule has 6 nitrogen and oxygen atoms in total. The Balaban J connectivity index is 1.77. The van der Waals surface area contributed by atoms with E-state index in [0.29, 0.717) is 0 Å². The minimum Gasteiger partial charge on any atom is -0.343 e. The minimum atomic E-state index is -0.497. The monoisotopic (exact) mass is 360 g/mol. The van der Waals surface area contributed by atoms with Gasteiger partial charge in [-0.15, -0.1) is 0 Å². The molecule has 1 aromatic carbocycles. The number of carbonyl (C=O) groups is 2. The van der Waals surface area contributed by atoms with Gasteiger partial charge in [0.1, 0.15) is 6.04 Å². The molecular formula is C20H32N4O2. The van der Waals surface area contributed by atoms with Gasteiger partial charge in [0.15, 0.2) is 0 Å². The molecule has 1 saturated heterocycles. The zero-order chi connectivity index (χ0) is 18.9. The van der Waals surface area contributed by atoms with Crippen LogP contribution in [0.25, 0.3) is 0 Å². The van der Waals surface area contributed by atoms with Crippen LogP contribution in [0, 0.1) is 0 Å². The van der Waals surface area contributed by atoms with Gasteiger partial charge in [-0.05, 0) is 52.3 Å². The van der Waals surface area contributed by atoms with E-state index in [1.54, 1.807) is 20.9 Å². The number of likely N-dealkylation sites (tertiary alicyclic amines) is 1. The average Bonchev–Trinajstić information content (AvgIpc) is 3.13. The van der Waals surface area contributed by atoms with Crippen molar-refractivity contribution in [2.24, 2.45) is 0 Å². The third kappa shape index (κ3) is 5.81. The molecule has 1 heterocycles. The molecule has 2 amide bonds. The van der Waals surface area contributed by atoms with Crippen molar-refractivity contribution in [3.05, 3.63) is 35.9 Å². The van der Waals surface area contributed by atoms with Crippen molar-refractivity contribution in [3.63, 3.8) is 0 Å². The van der Waals surface area contributed by atoms with Crippen LogP contribution in [0.4, 0.5) is 0 Å². The molecule has 6 heteroatoms. The first kappa shape index (κ1) is 20.4. The Kier molecular flexibility index (Phi) is 8.06. The van der Waals surface area contributed by atoms with Crippen molar-refractivity contribution in [1.29, 1.82) is 0 Å². The van der Waals surface area contributed by atoms with E-state index in [1.165, 1.54) is 5.56 Å². The molecule has 2 rings (SSSR count). The molecule has 144 valence electrons. The number of hydrogen-bond acceptors (Lipinski definition) is 4. The number of benzene rings is 1. The lowest BCUT2D eigenvalue weighted by atomic mass is 10.1. The van der Waals surface area contributed by atoms with Crippen molar-refractivity contribution >= 4 is 11.8 Å². The fourth-order valence-electron chi connectivity index (χ4n) is 3.26. The van der Waals surface area contributed by atoms with Gasteiger partial charge in [0.2, 0.25) is 11.8 Å². The van der Waals surface area contributed by atoms with Crippen LogP contribution in [-0.2, 0) is 16.0 Å². The number of rotatable bonds is 9. The highest BCUT2D eigenvalue weighted by atomic mass is 16.2. The maximum atomic E-state index is 12.7. The van der Waals surface area contributed by atoms with Gasteiger partial charge in [0.25, 0.3) is 0 Å². The molecular weight excluding hydrogens is 328 g/mol. The summed E-state index contributed by atoms with van der Waals surface area (Å²) in [4.78, 5) is 26.6. The fourth-order valence-corrected chi connectivity index (χ4v) is 3.26. The Morgan fingerprint density at radius 1 is 1.19 bits per heavy atom. The predicted octanol–water partition coefficient (Wildman–Crippen LogP) is 0.922. The summed E-state index contributed by atoms with van der Waals surface area (Å²) < 4.78 is 0. The lowest BCUT2D eigenvalue weighted by Gasteiger charge is -2.28. The van der Waals surface area contributed by atoms with Crippen LogP contribution in [0.3, 0.4) is 0 Å². The number of hydrogen-bond donors (Lipinski definition) is 3. The van der Waals surface area contributed by atoms with Crippen LogP contribution < -0.4 is 16.0 Å². The Bertz CT molecular complexity index is 578. The zero-order valence-electron chi connectivity index (χ0n) is 16.1. The summed E-state index contributed by atoms with van der Waals surface area (Å²) in [7, 11) is 1.73. The molecule has 0 aliphatic carbocycles. The smallest absolute Gasteiger partial charge is 0.245 e. The van der Waals surface area contributed by atoms with Crippen LogP contribution in [0.2, 0.25) is 0 Å².